The number of likely N-dealkylation sites (tertiary alicyclic amines) is 1. The number of nitrogens with zero attached hydrogens (tertiary/aromatic N) is 1. The molecule has 0 unspecified atom stereocenters. The molecule has 1 aromatic rings. The van der Waals surface area contributed by atoms with Crippen LogP contribution in [0.2, 0.25) is 5.02 Å². The molecular formula is C18H27ClN2O3. The lowest BCUT2D eigenvalue weighted by Gasteiger charge is -2.38. The Morgan fingerprint density at radius 3 is 2.67 bits per heavy atom. The first-order valence-electron chi connectivity index (χ1n) is 8.27. The van der Waals surface area contributed by atoms with Crippen molar-refractivity contribution in [3.05, 3.63) is 23.2 Å². The Morgan fingerprint density at radius 1 is 1.38 bits per heavy atom. The fraction of sp³-hybridized carbons (Fsp3) is 0.611. The summed E-state index contributed by atoms with van der Waals surface area (Å²) in [5, 5.41) is 4.17. The van der Waals surface area contributed by atoms with Crippen LogP contribution in [0.15, 0.2) is 18.2 Å². The van der Waals surface area contributed by atoms with E-state index >= 15 is 0 Å². The summed E-state index contributed by atoms with van der Waals surface area (Å²) < 4.78 is 10.8. The van der Waals surface area contributed by atoms with Gasteiger partial charge < -0.3 is 19.7 Å². The number of piperidine rings is 1. The van der Waals surface area contributed by atoms with Gasteiger partial charge in [0.15, 0.2) is 0 Å². The molecule has 0 aromatic heterocycles. The monoisotopic (exact) mass is 354 g/mol. The van der Waals surface area contributed by atoms with Crippen molar-refractivity contribution < 1.29 is 14.3 Å². The first-order valence-corrected chi connectivity index (χ1v) is 8.65. The maximum absolute atomic E-state index is 12.2. The molecule has 0 radical (unpaired) electrons. The molecule has 2 atom stereocenters. The first-order chi connectivity index (χ1) is 11.2. The van der Waals surface area contributed by atoms with Gasteiger partial charge in [-0.15, -0.1) is 0 Å². The van der Waals surface area contributed by atoms with E-state index in [0.717, 1.165) is 17.9 Å². The molecule has 24 heavy (non-hydrogen) atoms. The van der Waals surface area contributed by atoms with Gasteiger partial charge in [0, 0.05) is 30.2 Å². The van der Waals surface area contributed by atoms with Crippen molar-refractivity contribution in [2.45, 2.75) is 45.8 Å². The van der Waals surface area contributed by atoms with Gasteiger partial charge in [-0.3, -0.25) is 0 Å². The summed E-state index contributed by atoms with van der Waals surface area (Å²) in [6.07, 6.45) is 0.614. The van der Waals surface area contributed by atoms with Gasteiger partial charge in [0.2, 0.25) is 0 Å². The summed E-state index contributed by atoms with van der Waals surface area (Å²) in [4.78, 5) is 14.0. The molecule has 0 spiro atoms. The van der Waals surface area contributed by atoms with Crippen LogP contribution in [0, 0.1) is 5.92 Å². The van der Waals surface area contributed by atoms with Gasteiger partial charge in [-0.05, 0) is 45.2 Å². The third-order valence-electron chi connectivity index (χ3n) is 4.06. The standard InChI is InChI=1S/C18H27ClN2O3/c1-12-11-21(17(22)24-18(2,3)4)9-8-14(12)20-15-7-6-13(19)10-16(15)23-5/h6-7,10,12,14,20H,8-9,11H2,1-5H3/t12-,14-/m1/s1. The van der Waals surface area contributed by atoms with E-state index in [-0.39, 0.29) is 12.1 Å². The molecule has 1 amide bonds. The van der Waals surface area contributed by atoms with Crippen LogP contribution in [0.1, 0.15) is 34.1 Å². The largest absolute Gasteiger partial charge is 0.495 e. The lowest BCUT2D eigenvalue weighted by Crippen LogP contribution is -2.49. The molecule has 1 N–H and O–H groups in total. The average Bonchev–Trinajstić information content (AvgIpc) is 2.49. The normalized spacial score (nSPS) is 21.3. The molecule has 134 valence electrons. The second kappa shape index (κ2) is 7.51. The molecule has 1 aliphatic heterocycles. The molecule has 0 aliphatic carbocycles. The molecule has 1 aliphatic rings. The van der Waals surface area contributed by atoms with Crippen LogP contribution >= 0.6 is 11.6 Å². The van der Waals surface area contributed by atoms with E-state index in [2.05, 4.69) is 12.2 Å². The van der Waals surface area contributed by atoms with Gasteiger partial charge in [-0.2, -0.15) is 0 Å². The number of ether oxygens (including phenoxy) is 2. The zero-order valence-corrected chi connectivity index (χ0v) is 15.8. The van der Waals surface area contributed by atoms with Gasteiger partial charge in [-0.1, -0.05) is 18.5 Å². The van der Waals surface area contributed by atoms with E-state index < -0.39 is 5.60 Å². The van der Waals surface area contributed by atoms with Crippen molar-refractivity contribution in [2.75, 3.05) is 25.5 Å². The molecule has 1 saturated heterocycles. The Labute approximate surface area is 149 Å². The summed E-state index contributed by atoms with van der Waals surface area (Å²) in [6, 6.07) is 5.82. The molecular weight excluding hydrogens is 328 g/mol. The Balaban J connectivity index is 1.98. The zero-order chi connectivity index (χ0) is 17.9. The molecule has 5 nitrogen and oxygen atoms in total. The van der Waals surface area contributed by atoms with Crippen molar-refractivity contribution >= 4 is 23.4 Å². The number of hydrogen-bond acceptors (Lipinski definition) is 4. The summed E-state index contributed by atoms with van der Waals surface area (Å²) in [5.41, 5.74) is 0.455. The lowest BCUT2D eigenvalue weighted by molar-refractivity contribution is 0.0165. The minimum absolute atomic E-state index is 0.239. The highest BCUT2D eigenvalue weighted by Gasteiger charge is 2.31. The Hall–Kier alpha value is -1.62. The smallest absolute Gasteiger partial charge is 0.410 e. The Morgan fingerprint density at radius 2 is 2.08 bits per heavy atom. The molecule has 1 fully saturated rings. The first kappa shape index (κ1) is 18.7. The van der Waals surface area contributed by atoms with Crippen molar-refractivity contribution in [3.63, 3.8) is 0 Å². The van der Waals surface area contributed by atoms with Crippen LogP contribution in [0.5, 0.6) is 5.75 Å². The van der Waals surface area contributed by atoms with E-state index in [9.17, 15) is 4.79 Å². The minimum Gasteiger partial charge on any atom is -0.495 e. The van der Waals surface area contributed by atoms with E-state index in [4.69, 9.17) is 21.1 Å². The number of carbonyl (C=O) groups is 1. The maximum Gasteiger partial charge on any atom is 0.410 e. The van der Waals surface area contributed by atoms with Crippen molar-refractivity contribution in [1.82, 2.24) is 4.90 Å². The van der Waals surface area contributed by atoms with Crippen molar-refractivity contribution in [2.24, 2.45) is 5.92 Å². The fourth-order valence-electron chi connectivity index (χ4n) is 2.84. The van der Waals surface area contributed by atoms with Gasteiger partial charge >= 0.3 is 6.09 Å². The number of rotatable bonds is 3. The third kappa shape index (κ3) is 4.94. The minimum atomic E-state index is -0.466. The van der Waals surface area contributed by atoms with Crippen LogP contribution in [0.3, 0.4) is 0 Å². The van der Waals surface area contributed by atoms with Gasteiger partial charge in [0.25, 0.3) is 0 Å². The van der Waals surface area contributed by atoms with Crippen molar-refractivity contribution in [1.29, 1.82) is 0 Å². The van der Waals surface area contributed by atoms with E-state index in [0.29, 0.717) is 24.0 Å². The van der Waals surface area contributed by atoms with E-state index in [1.54, 1.807) is 18.1 Å². The second-order valence-corrected chi connectivity index (χ2v) is 7.72. The van der Waals surface area contributed by atoms with Crippen LogP contribution in [0.4, 0.5) is 10.5 Å². The SMILES string of the molecule is COc1cc(Cl)ccc1N[C@@H]1CCN(C(=O)OC(C)(C)C)C[C@H]1C. The number of carbonyl (C=O) groups excluding carboxylic acids is 1. The fourth-order valence-corrected chi connectivity index (χ4v) is 3.00. The zero-order valence-electron chi connectivity index (χ0n) is 15.1. The highest BCUT2D eigenvalue weighted by Crippen LogP contribution is 2.31. The highest BCUT2D eigenvalue weighted by atomic mass is 35.5. The molecule has 2 rings (SSSR count). The van der Waals surface area contributed by atoms with Gasteiger partial charge in [0.1, 0.15) is 11.4 Å². The molecule has 6 heteroatoms. The topological polar surface area (TPSA) is 50.8 Å². The van der Waals surface area contributed by atoms with Crippen LogP contribution < -0.4 is 10.1 Å². The summed E-state index contributed by atoms with van der Waals surface area (Å²) in [7, 11) is 1.63. The second-order valence-electron chi connectivity index (χ2n) is 7.29. The molecule has 0 bridgehead atoms. The number of halogens is 1. The predicted molar refractivity (Wildman–Crippen MR) is 97.0 cm³/mol. The maximum atomic E-state index is 12.2. The van der Waals surface area contributed by atoms with E-state index in [1.807, 2.05) is 32.9 Å². The highest BCUT2D eigenvalue weighted by molar-refractivity contribution is 6.30. The van der Waals surface area contributed by atoms with Crippen molar-refractivity contribution in [3.8, 4) is 5.75 Å². The van der Waals surface area contributed by atoms with Crippen LogP contribution in [-0.2, 0) is 4.74 Å². The van der Waals surface area contributed by atoms with Gasteiger partial charge in [-0.25, -0.2) is 4.79 Å². The number of anilines is 1. The number of nitrogens with one attached hydrogen (secondary N) is 1. The molecule has 1 heterocycles. The number of amides is 1. The summed E-state index contributed by atoms with van der Waals surface area (Å²) >= 11 is 6.01. The summed E-state index contributed by atoms with van der Waals surface area (Å²) in [6.45, 7) is 9.13. The van der Waals surface area contributed by atoms with E-state index in [1.165, 1.54) is 0 Å². The average molecular weight is 355 g/mol. The number of methoxy groups -OCH3 is 1. The van der Waals surface area contributed by atoms with Crippen LogP contribution in [0.25, 0.3) is 0 Å². The lowest BCUT2D eigenvalue weighted by atomic mass is 9.93. The van der Waals surface area contributed by atoms with Crippen LogP contribution in [-0.4, -0.2) is 42.8 Å². The summed E-state index contributed by atoms with van der Waals surface area (Å²) in [5.74, 6) is 1.02. The molecule has 1 aromatic carbocycles. The number of benzene rings is 1. The predicted octanol–water partition coefficient (Wildman–Crippen LogP) is 4.41. The van der Waals surface area contributed by atoms with Gasteiger partial charge in [0.05, 0.1) is 12.8 Å². The third-order valence-corrected chi connectivity index (χ3v) is 4.30. The quantitative estimate of drug-likeness (QED) is 0.873. The Kier molecular flexibility index (Phi) is 5.86. The number of hydrogen-bond donors (Lipinski definition) is 1. The molecule has 0 saturated carbocycles. The Bertz CT molecular complexity index is 586.